The van der Waals surface area contributed by atoms with E-state index in [1.165, 1.54) is 16.3 Å². The van der Waals surface area contributed by atoms with Gasteiger partial charge in [0.2, 0.25) is 0 Å². The molecule has 0 unspecified atom stereocenters. The zero-order valence-electron chi connectivity index (χ0n) is 13.4. The van der Waals surface area contributed by atoms with Crippen LogP contribution < -0.4 is 0 Å². The van der Waals surface area contributed by atoms with E-state index < -0.39 is 0 Å². The van der Waals surface area contributed by atoms with E-state index in [-0.39, 0.29) is 0 Å². The van der Waals surface area contributed by atoms with Gasteiger partial charge in [0, 0.05) is 43.5 Å². The lowest BCUT2D eigenvalue weighted by atomic mass is 9.96. The number of likely N-dealkylation sites (N-methyl/N-ethyl adjacent to an activating group) is 1. The van der Waals surface area contributed by atoms with Gasteiger partial charge in [0.15, 0.2) is 0 Å². The quantitative estimate of drug-likeness (QED) is 0.645. The van der Waals surface area contributed by atoms with Crippen LogP contribution in [0, 0.1) is 0 Å². The molecule has 1 aliphatic rings. The number of benzene rings is 3. The first-order chi connectivity index (χ1) is 11.2. The summed E-state index contributed by atoms with van der Waals surface area (Å²) >= 11 is 6.69. The van der Waals surface area contributed by atoms with Gasteiger partial charge < -0.3 is 4.90 Å². The predicted octanol–water partition coefficient (Wildman–Crippen LogP) is 4.39. The van der Waals surface area contributed by atoms with E-state index in [9.17, 15) is 0 Å². The molecule has 1 heterocycles. The van der Waals surface area contributed by atoms with Crippen molar-refractivity contribution >= 4 is 33.1 Å². The first kappa shape index (κ1) is 14.9. The molecule has 1 fully saturated rings. The smallest absolute Gasteiger partial charge is 0.0562 e. The van der Waals surface area contributed by atoms with Gasteiger partial charge in [-0.05, 0) is 23.4 Å². The highest BCUT2D eigenvalue weighted by atomic mass is 35.5. The summed E-state index contributed by atoms with van der Waals surface area (Å²) in [4.78, 5) is 4.96. The highest BCUT2D eigenvalue weighted by molar-refractivity contribution is 6.41. The summed E-state index contributed by atoms with van der Waals surface area (Å²) < 4.78 is 0. The van der Waals surface area contributed by atoms with Gasteiger partial charge in [0.25, 0.3) is 0 Å². The van der Waals surface area contributed by atoms with Crippen LogP contribution in [0.1, 0.15) is 5.56 Å². The van der Waals surface area contributed by atoms with Gasteiger partial charge in [-0.25, -0.2) is 0 Å². The average molecular weight is 325 g/mol. The van der Waals surface area contributed by atoms with E-state index in [4.69, 9.17) is 11.6 Å². The zero-order chi connectivity index (χ0) is 15.8. The van der Waals surface area contributed by atoms with Crippen LogP contribution in [0.2, 0.25) is 5.02 Å². The normalized spacial score (nSPS) is 17.1. The molecule has 2 nitrogen and oxygen atoms in total. The van der Waals surface area contributed by atoms with Crippen LogP contribution in [0.5, 0.6) is 0 Å². The van der Waals surface area contributed by atoms with E-state index in [1.807, 2.05) is 0 Å². The van der Waals surface area contributed by atoms with Crippen molar-refractivity contribution in [3.63, 3.8) is 0 Å². The summed E-state index contributed by atoms with van der Waals surface area (Å²) in [6.45, 7) is 5.53. The Bertz CT molecular complexity index is 794. The largest absolute Gasteiger partial charge is 0.304 e. The van der Waals surface area contributed by atoms with Gasteiger partial charge in [-0.2, -0.15) is 0 Å². The number of piperazine rings is 1. The molecule has 0 atom stereocenters. The minimum Gasteiger partial charge on any atom is -0.304 e. The van der Waals surface area contributed by atoms with E-state index in [0.717, 1.165) is 48.5 Å². The van der Waals surface area contributed by atoms with Crippen molar-refractivity contribution in [2.45, 2.75) is 6.54 Å². The third-order valence-corrected chi connectivity index (χ3v) is 5.36. The first-order valence-electron chi connectivity index (χ1n) is 8.23. The van der Waals surface area contributed by atoms with Crippen LogP contribution in [0.15, 0.2) is 48.5 Å². The molecule has 0 spiro atoms. The Kier molecular flexibility index (Phi) is 3.98. The lowest BCUT2D eigenvalue weighted by Crippen LogP contribution is -2.43. The topological polar surface area (TPSA) is 6.48 Å². The molecule has 0 amide bonds. The fourth-order valence-corrected chi connectivity index (χ4v) is 3.90. The minimum absolute atomic E-state index is 0.873. The molecule has 3 aromatic rings. The molecule has 1 aliphatic heterocycles. The summed E-state index contributed by atoms with van der Waals surface area (Å²) in [5.74, 6) is 0. The zero-order valence-corrected chi connectivity index (χ0v) is 14.2. The Hall–Kier alpha value is -1.61. The van der Waals surface area contributed by atoms with Gasteiger partial charge in [-0.15, -0.1) is 0 Å². The second kappa shape index (κ2) is 6.12. The van der Waals surface area contributed by atoms with Gasteiger partial charge in [0.1, 0.15) is 0 Å². The number of rotatable bonds is 2. The summed E-state index contributed by atoms with van der Waals surface area (Å²) in [5, 5.41) is 5.78. The summed E-state index contributed by atoms with van der Waals surface area (Å²) in [6.07, 6.45) is 0. The number of hydrogen-bond acceptors (Lipinski definition) is 2. The van der Waals surface area contributed by atoms with Gasteiger partial charge in [0.05, 0.1) is 5.02 Å². The number of halogens is 1. The van der Waals surface area contributed by atoms with Crippen LogP contribution in [0.25, 0.3) is 21.5 Å². The van der Waals surface area contributed by atoms with Crippen LogP contribution in [0.3, 0.4) is 0 Å². The SMILES string of the molecule is CN1CCN(Cc2c3ccccc3c(Cl)c3ccccc23)CC1. The Balaban J connectivity index is 1.87. The summed E-state index contributed by atoms with van der Waals surface area (Å²) in [5.41, 5.74) is 1.41. The monoisotopic (exact) mass is 324 g/mol. The van der Waals surface area contributed by atoms with E-state index in [1.54, 1.807) is 0 Å². The van der Waals surface area contributed by atoms with Gasteiger partial charge in [-0.3, -0.25) is 4.90 Å². The van der Waals surface area contributed by atoms with Crippen molar-refractivity contribution in [2.75, 3.05) is 33.2 Å². The van der Waals surface area contributed by atoms with Crippen molar-refractivity contribution in [3.8, 4) is 0 Å². The summed E-state index contributed by atoms with van der Waals surface area (Å²) in [7, 11) is 2.20. The fraction of sp³-hybridized carbons (Fsp3) is 0.300. The van der Waals surface area contributed by atoms with E-state index in [2.05, 4.69) is 65.4 Å². The van der Waals surface area contributed by atoms with Crippen LogP contribution in [-0.4, -0.2) is 43.0 Å². The molecule has 0 saturated carbocycles. The second-order valence-corrected chi connectivity index (χ2v) is 6.84. The third-order valence-electron chi connectivity index (χ3n) is 4.95. The highest BCUT2D eigenvalue weighted by Gasteiger charge is 2.18. The third kappa shape index (κ3) is 2.72. The molecule has 23 heavy (non-hydrogen) atoms. The molecule has 3 heteroatoms. The number of hydrogen-bond donors (Lipinski definition) is 0. The molecular formula is C20H21ClN2. The van der Waals surface area contributed by atoms with E-state index in [0.29, 0.717) is 0 Å². The molecule has 3 aromatic carbocycles. The van der Waals surface area contributed by atoms with Crippen molar-refractivity contribution in [1.82, 2.24) is 9.80 Å². The molecule has 0 N–H and O–H groups in total. The Morgan fingerprint density at radius 2 is 1.26 bits per heavy atom. The molecule has 4 rings (SSSR count). The number of nitrogens with zero attached hydrogens (tertiary/aromatic N) is 2. The molecule has 1 saturated heterocycles. The minimum atomic E-state index is 0.873. The fourth-order valence-electron chi connectivity index (χ4n) is 3.57. The highest BCUT2D eigenvalue weighted by Crippen LogP contribution is 2.36. The molecule has 0 aromatic heterocycles. The van der Waals surface area contributed by atoms with Gasteiger partial charge >= 0.3 is 0 Å². The lowest BCUT2D eigenvalue weighted by molar-refractivity contribution is 0.149. The van der Waals surface area contributed by atoms with Crippen LogP contribution >= 0.6 is 11.6 Å². The number of fused-ring (bicyclic) bond motifs is 2. The average Bonchev–Trinajstić information content (AvgIpc) is 2.60. The second-order valence-electron chi connectivity index (χ2n) is 6.46. The summed E-state index contributed by atoms with van der Waals surface area (Å²) in [6, 6.07) is 17.1. The molecular weight excluding hydrogens is 304 g/mol. The molecule has 0 radical (unpaired) electrons. The standard InChI is InChI=1S/C20H21ClN2/c1-22-10-12-23(13-11-22)14-19-15-6-2-4-8-17(15)20(21)18-9-5-3-7-16(18)19/h2-9H,10-14H2,1H3. The Morgan fingerprint density at radius 3 is 1.78 bits per heavy atom. The van der Waals surface area contributed by atoms with Gasteiger partial charge in [-0.1, -0.05) is 60.1 Å². The van der Waals surface area contributed by atoms with Crippen molar-refractivity contribution in [1.29, 1.82) is 0 Å². The Morgan fingerprint density at radius 1 is 0.783 bits per heavy atom. The van der Waals surface area contributed by atoms with Crippen LogP contribution in [-0.2, 0) is 6.54 Å². The maximum absolute atomic E-state index is 6.69. The first-order valence-corrected chi connectivity index (χ1v) is 8.60. The predicted molar refractivity (Wildman–Crippen MR) is 99.2 cm³/mol. The lowest BCUT2D eigenvalue weighted by Gasteiger charge is -2.33. The molecule has 0 bridgehead atoms. The molecule has 0 aliphatic carbocycles. The van der Waals surface area contributed by atoms with Crippen molar-refractivity contribution in [3.05, 3.63) is 59.1 Å². The maximum atomic E-state index is 6.69. The van der Waals surface area contributed by atoms with E-state index >= 15 is 0 Å². The van der Waals surface area contributed by atoms with Crippen molar-refractivity contribution < 1.29 is 0 Å². The Labute approximate surface area is 142 Å². The van der Waals surface area contributed by atoms with Crippen LogP contribution in [0.4, 0.5) is 0 Å². The maximum Gasteiger partial charge on any atom is 0.0562 e. The molecule has 118 valence electrons. The van der Waals surface area contributed by atoms with Crippen molar-refractivity contribution in [2.24, 2.45) is 0 Å².